The van der Waals surface area contributed by atoms with E-state index in [2.05, 4.69) is 12.2 Å². The molecule has 1 fully saturated rings. The standard InChI is InChI=1S/C14H29NO2S/c1-5-15-13-8-6-7-12(11-13)9-10-18(16,17)14(2,3)4/h12-13,15H,5-11H2,1-4H3. The normalized spacial score (nSPS) is 26.2. The summed E-state index contributed by atoms with van der Waals surface area (Å²) >= 11 is 0. The van der Waals surface area contributed by atoms with E-state index in [-0.39, 0.29) is 0 Å². The zero-order valence-electron chi connectivity index (χ0n) is 12.3. The van der Waals surface area contributed by atoms with Crippen LogP contribution in [0, 0.1) is 5.92 Å². The molecule has 3 nitrogen and oxygen atoms in total. The van der Waals surface area contributed by atoms with Crippen LogP contribution >= 0.6 is 0 Å². The summed E-state index contributed by atoms with van der Waals surface area (Å²) in [5, 5.41) is 3.49. The lowest BCUT2D eigenvalue weighted by Gasteiger charge is -2.30. The Kier molecular flexibility index (Phi) is 5.66. The number of sulfone groups is 1. The van der Waals surface area contributed by atoms with Gasteiger partial charge in [0.2, 0.25) is 0 Å². The first-order chi connectivity index (χ1) is 8.26. The van der Waals surface area contributed by atoms with E-state index in [1.807, 2.05) is 0 Å². The molecule has 0 radical (unpaired) electrons. The van der Waals surface area contributed by atoms with Crippen LogP contribution in [0.15, 0.2) is 0 Å². The van der Waals surface area contributed by atoms with Crippen LogP contribution in [0.4, 0.5) is 0 Å². The predicted octanol–water partition coefficient (Wildman–Crippen LogP) is 2.76. The van der Waals surface area contributed by atoms with Gasteiger partial charge in [0, 0.05) is 6.04 Å². The van der Waals surface area contributed by atoms with Gasteiger partial charge in [0.05, 0.1) is 10.5 Å². The van der Waals surface area contributed by atoms with Gasteiger partial charge < -0.3 is 5.32 Å². The average Bonchev–Trinajstić information content (AvgIpc) is 2.26. The Morgan fingerprint density at radius 3 is 2.44 bits per heavy atom. The van der Waals surface area contributed by atoms with E-state index >= 15 is 0 Å². The zero-order valence-corrected chi connectivity index (χ0v) is 13.1. The van der Waals surface area contributed by atoms with Crippen molar-refractivity contribution >= 4 is 9.84 Å². The fraction of sp³-hybridized carbons (Fsp3) is 1.00. The number of rotatable bonds is 5. The zero-order chi connectivity index (χ0) is 13.8. The molecular weight excluding hydrogens is 246 g/mol. The monoisotopic (exact) mass is 275 g/mol. The summed E-state index contributed by atoms with van der Waals surface area (Å²) in [6.45, 7) is 8.53. The lowest BCUT2D eigenvalue weighted by atomic mass is 9.84. The molecule has 0 spiro atoms. The molecule has 18 heavy (non-hydrogen) atoms. The highest BCUT2D eigenvalue weighted by Crippen LogP contribution is 2.28. The molecule has 1 saturated carbocycles. The minimum absolute atomic E-state index is 0.347. The Morgan fingerprint density at radius 2 is 1.89 bits per heavy atom. The Balaban J connectivity index is 2.44. The first-order valence-corrected chi connectivity index (χ1v) is 8.87. The third-order valence-electron chi connectivity index (χ3n) is 4.00. The quantitative estimate of drug-likeness (QED) is 0.839. The van der Waals surface area contributed by atoms with Gasteiger partial charge in [-0.1, -0.05) is 19.8 Å². The van der Waals surface area contributed by atoms with Gasteiger partial charge in [-0.3, -0.25) is 0 Å². The summed E-state index contributed by atoms with van der Waals surface area (Å²) < 4.78 is 23.6. The Hall–Kier alpha value is -0.0900. The van der Waals surface area contributed by atoms with Crippen LogP contribution in [0.5, 0.6) is 0 Å². The highest BCUT2D eigenvalue weighted by Gasteiger charge is 2.30. The van der Waals surface area contributed by atoms with Crippen LogP contribution in [0.25, 0.3) is 0 Å². The summed E-state index contributed by atoms with van der Waals surface area (Å²) in [7, 11) is -2.95. The third kappa shape index (κ3) is 4.54. The highest BCUT2D eigenvalue weighted by molar-refractivity contribution is 7.92. The minimum atomic E-state index is -2.95. The smallest absolute Gasteiger partial charge is 0.155 e. The molecule has 2 unspecified atom stereocenters. The van der Waals surface area contributed by atoms with E-state index < -0.39 is 14.6 Å². The maximum absolute atomic E-state index is 12.1. The number of nitrogens with one attached hydrogen (secondary N) is 1. The van der Waals surface area contributed by atoms with Crippen molar-refractivity contribution in [3.05, 3.63) is 0 Å². The van der Waals surface area contributed by atoms with E-state index in [9.17, 15) is 8.42 Å². The van der Waals surface area contributed by atoms with Crippen molar-refractivity contribution in [2.45, 2.75) is 70.6 Å². The molecule has 1 rings (SSSR count). The van der Waals surface area contributed by atoms with Crippen LogP contribution in [0.3, 0.4) is 0 Å². The van der Waals surface area contributed by atoms with Gasteiger partial charge in [-0.25, -0.2) is 8.42 Å². The Labute approximate surface area is 113 Å². The molecular formula is C14H29NO2S. The van der Waals surface area contributed by atoms with Crippen molar-refractivity contribution in [2.75, 3.05) is 12.3 Å². The van der Waals surface area contributed by atoms with Crippen molar-refractivity contribution in [1.29, 1.82) is 0 Å². The molecule has 4 heteroatoms. The molecule has 1 aliphatic rings. The average molecular weight is 275 g/mol. The van der Waals surface area contributed by atoms with Crippen molar-refractivity contribution in [3.8, 4) is 0 Å². The van der Waals surface area contributed by atoms with Crippen LogP contribution in [0.1, 0.15) is 59.8 Å². The topological polar surface area (TPSA) is 46.2 Å². The number of hydrogen-bond donors (Lipinski definition) is 1. The maximum atomic E-state index is 12.1. The Morgan fingerprint density at radius 1 is 1.22 bits per heavy atom. The van der Waals surface area contributed by atoms with Gasteiger partial charge in [0.25, 0.3) is 0 Å². The largest absolute Gasteiger partial charge is 0.314 e. The van der Waals surface area contributed by atoms with Crippen LogP contribution in [-0.2, 0) is 9.84 Å². The molecule has 1 N–H and O–H groups in total. The lowest BCUT2D eigenvalue weighted by molar-refractivity contribution is 0.282. The second-order valence-electron chi connectivity index (χ2n) is 6.51. The molecule has 1 aliphatic carbocycles. The molecule has 0 saturated heterocycles. The Bertz CT molecular complexity index is 341. The summed E-state index contributed by atoms with van der Waals surface area (Å²) in [5.41, 5.74) is 0. The summed E-state index contributed by atoms with van der Waals surface area (Å²) in [5.74, 6) is 0.930. The molecule has 0 amide bonds. The predicted molar refractivity (Wildman–Crippen MR) is 77.6 cm³/mol. The van der Waals surface area contributed by atoms with E-state index in [0.29, 0.717) is 17.7 Å². The fourth-order valence-electron chi connectivity index (χ4n) is 2.66. The molecule has 0 aliphatic heterocycles. The van der Waals surface area contributed by atoms with Gasteiger partial charge in [-0.2, -0.15) is 0 Å². The SMILES string of the molecule is CCNC1CCCC(CCS(=O)(=O)C(C)(C)C)C1. The molecule has 0 aromatic carbocycles. The van der Waals surface area contributed by atoms with Crippen LogP contribution < -0.4 is 5.32 Å². The van der Waals surface area contributed by atoms with Gasteiger partial charge in [-0.05, 0) is 52.5 Å². The lowest BCUT2D eigenvalue weighted by Crippen LogP contribution is -2.35. The molecule has 0 bridgehead atoms. The molecule has 0 aromatic rings. The molecule has 2 atom stereocenters. The van der Waals surface area contributed by atoms with E-state index in [1.165, 1.54) is 19.3 Å². The maximum Gasteiger partial charge on any atom is 0.155 e. The van der Waals surface area contributed by atoms with Crippen molar-refractivity contribution in [2.24, 2.45) is 5.92 Å². The second-order valence-corrected chi connectivity index (χ2v) is 9.37. The summed E-state index contributed by atoms with van der Waals surface area (Å²) in [6, 6.07) is 0.603. The van der Waals surface area contributed by atoms with Gasteiger partial charge in [-0.15, -0.1) is 0 Å². The van der Waals surface area contributed by atoms with Crippen molar-refractivity contribution < 1.29 is 8.42 Å². The third-order valence-corrected chi connectivity index (χ3v) is 6.64. The van der Waals surface area contributed by atoms with E-state index in [4.69, 9.17) is 0 Å². The minimum Gasteiger partial charge on any atom is -0.314 e. The van der Waals surface area contributed by atoms with Crippen LogP contribution in [-0.4, -0.2) is 31.5 Å². The molecule has 108 valence electrons. The van der Waals surface area contributed by atoms with Crippen molar-refractivity contribution in [1.82, 2.24) is 5.32 Å². The first-order valence-electron chi connectivity index (χ1n) is 7.22. The van der Waals surface area contributed by atoms with Gasteiger partial charge in [0.15, 0.2) is 9.84 Å². The van der Waals surface area contributed by atoms with Crippen LogP contribution in [0.2, 0.25) is 0 Å². The first kappa shape index (κ1) is 16.0. The second kappa shape index (κ2) is 6.38. The summed E-state index contributed by atoms with van der Waals surface area (Å²) in [6.07, 6.45) is 5.66. The highest BCUT2D eigenvalue weighted by atomic mass is 32.2. The van der Waals surface area contributed by atoms with E-state index in [1.54, 1.807) is 20.8 Å². The number of hydrogen-bond acceptors (Lipinski definition) is 3. The fourth-order valence-corrected chi connectivity index (χ4v) is 3.91. The van der Waals surface area contributed by atoms with Crippen molar-refractivity contribution in [3.63, 3.8) is 0 Å². The van der Waals surface area contributed by atoms with Gasteiger partial charge >= 0.3 is 0 Å². The van der Waals surface area contributed by atoms with E-state index in [0.717, 1.165) is 19.4 Å². The summed E-state index contributed by atoms with van der Waals surface area (Å²) in [4.78, 5) is 0. The molecule has 0 heterocycles. The molecule has 0 aromatic heterocycles. The van der Waals surface area contributed by atoms with Gasteiger partial charge in [0.1, 0.15) is 0 Å².